The molecule has 10 heteroatoms. The van der Waals surface area contributed by atoms with Crippen LogP contribution in [0.1, 0.15) is 25.7 Å². The van der Waals surface area contributed by atoms with Crippen molar-refractivity contribution in [1.82, 2.24) is 29.8 Å². The molecule has 0 aliphatic carbocycles. The lowest BCUT2D eigenvalue weighted by molar-refractivity contribution is -0.129. The predicted molar refractivity (Wildman–Crippen MR) is 120 cm³/mol. The number of rotatable bonds is 9. The Morgan fingerprint density at radius 3 is 2.74 bits per heavy atom. The van der Waals surface area contributed by atoms with Gasteiger partial charge in [0.25, 0.3) is 0 Å². The minimum atomic E-state index is -0.353. The first-order valence-corrected chi connectivity index (χ1v) is 10.7. The number of carbonyl (C=O) groups is 1. The SMILES string of the molecule is O=C(CCCCCn1cc(Nc2ncc3ccn(-c4ccc(Br)cc4)c3n2)cn1)NO. The second-order valence-corrected chi connectivity index (χ2v) is 8.01. The van der Waals surface area contributed by atoms with Gasteiger partial charge in [-0.05, 0) is 43.2 Å². The van der Waals surface area contributed by atoms with Crippen molar-refractivity contribution in [2.45, 2.75) is 32.2 Å². The molecule has 0 unspecified atom stereocenters. The van der Waals surface area contributed by atoms with Gasteiger partial charge >= 0.3 is 0 Å². The van der Waals surface area contributed by atoms with Gasteiger partial charge in [0.2, 0.25) is 11.9 Å². The summed E-state index contributed by atoms with van der Waals surface area (Å²) < 4.78 is 4.89. The quantitative estimate of drug-likeness (QED) is 0.187. The van der Waals surface area contributed by atoms with Crippen LogP contribution in [-0.4, -0.2) is 35.4 Å². The Bertz CT molecular complexity index is 1170. The number of aryl methyl sites for hydroxylation is 1. The molecule has 0 fully saturated rings. The van der Waals surface area contributed by atoms with Crippen LogP contribution in [0.2, 0.25) is 0 Å². The Hall–Kier alpha value is -3.24. The Morgan fingerprint density at radius 1 is 1.10 bits per heavy atom. The number of anilines is 2. The zero-order chi connectivity index (χ0) is 21.6. The molecule has 4 rings (SSSR count). The van der Waals surface area contributed by atoms with E-state index in [9.17, 15) is 4.79 Å². The number of amides is 1. The van der Waals surface area contributed by atoms with E-state index in [0.717, 1.165) is 52.7 Å². The largest absolute Gasteiger partial charge is 0.321 e. The number of hydrogen-bond acceptors (Lipinski definition) is 6. The number of unbranched alkanes of at least 4 members (excludes halogenated alkanes) is 2. The molecule has 0 atom stereocenters. The van der Waals surface area contributed by atoms with Gasteiger partial charge in [-0.3, -0.25) is 14.7 Å². The van der Waals surface area contributed by atoms with Gasteiger partial charge in [0, 0.05) is 47.1 Å². The molecular weight excluding hydrogens is 462 g/mol. The minimum Gasteiger partial charge on any atom is -0.321 e. The third-order valence-corrected chi connectivity index (χ3v) is 5.37. The molecule has 4 aromatic rings. The maximum atomic E-state index is 11.0. The van der Waals surface area contributed by atoms with Crippen molar-refractivity contribution in [3.05, 3.63) is 59.6 Å². The van der Waals surface area contributed by atoms with E-state index in [1.165, 1.54) is 0 Å². The summed E-state index contributed by atoms with van der Waals surface area (Å²) in [7, 11) is 0. The summed E-state index contributed by atoms with van der Waals surface area (Å²) in [6, 6.07) is 10.0. The first-order valence-electron chi connectivity index (χ1n) is 9.95. The topological polar surface area (TPSA) is 110 Å². The van der Waals surface area contributed by atoms with Gasteiger partial charge in [0.1, 0.15) is 5.65 Å². The maximum Gasteiger partial charge on any atom is 0.243 e. The molecule has 160 valence electrons. The summed E-state index contributed by atoms with van der Waals surface area (Å²) in [6.45, 7) is 0.745. The summed E-state index contributed by atoms with van der Waals surface area (Å²) in [5.74, 6) is 0.146. The van der Waals surface area contributed by atoms with Crippen LogP contribution < -0.4 is 10.8 Å². The fourth-order valence-corrected chi connectivity index (χ4v) is 3.52. The molecule has 0 radical (unpaired) electrons. The standard InChI is InChI=1S/C21H22BrN7O2/c22-16-5-7-18(8-6-16)29-11-9-15-12-23-21(26-20(15)29)25-17-13-24-28(14-17)10-3-1-2-4-19(30)27-31/h5-9,11-14,31H,1-4,10H2,(H,27,30)(H,23,25,26). The number of hydrogen-bond donors (Lipinski definition) is 3. The van der Waals surface area contributed by atoms with Crippen molar-refractivity contribution in [3.8, 4) is 5.69 Å². The summed E-state index contributed by atoms with van der Waals surface area (Å²) in [4.78, 5) is 20.1. The smallest absolute Gasteiger partial charge is 0.243 e. The van der Waals surface area contributed by atoms with Crippen LogP contribution in [0, 0.1) is 0 Å². The van der Waals surface area contributed by atoms with E-state index in [2.05, 4.69) is 36.3 Å². The summed E-state index contributed by atoms with van der Waals surface area (Å²) in [5.41, 5.74) is 4.29. The summed E-state index contributed by atoms with van der Waals surface area (Å²) in [6.07, 6.45) is 10.2. The summed E-state index contributed by atoms with van der Waals surface area (Å²) >= 11 is 3.46. The fraction of sp³-hybridized carbons (Fsp3) is 0.238. The molecular formula is C21H22BrN7O2. The molecule has 3 N–H and O–H groups in total. The van der Waals surface area contributed by atoms with Crippen LogP contribution in [-0.2, 0) is 11.3 Å². The predicted octanol–water partition coefficient (Wildman–Crippen LogP) is 4.19. The van der Waals surface area contributed by atoms with Crippen LogP contribution in [0.3, 0.4) is 0 Å². The average Bonchev–Trinajstić information content (AvgIpc) is 3.40. The Morgan fingerprint density at radius 2 is 1.94 bits per heavy atom. The van der Waals surface area contributed by atoms with E-state index in [-0.39, 0.29) is 5.91 Å². The van der Waals surface area contributed by atoms with Crippen molar-refractivity contribution in [3.63, 3.8) is 0 Å². The molecule has 1 aromatic carbocycles. The molecule has 0 saturated heterocycles. The monoisotopic (exact) mass is 483 g/mol. The van der Waals surface area contributed by atoms with Gasteiger partial charge < -0.3 is 9.88 Å². The highest BCUT2D eigenvalue weighted by atomic mass is 79.9. The molecule has 3 heterocycles. The van der Waals surface area contributed by atoms with Crippen LogP contribution >= 0.6 is 15.9 Å². The summed E-state index contributed by atoms with van der Waals surface area (Å²) in [5, 5.41) is 17.0. The normalized spacial score (nSPS) is 11.0. The van der Waals surface area contributed by atoms with Crippen LogP contribution in [0.15, 0.2) is 59.6 Å². The van der Waals surface area contributed by atoms with Gasteiger partial charge in [-0.25, -0.2) is 10.5 Å². The van der Waals surface area contributed by atoms with E-state index in [1.54, 1.807) is 17.9 Å². The van der Waals surface area contributed by atoms with Gasteiger partial charge in [-0.15, -0.1) is 0 Å². The molecule has 9 nitrogen and oxygen atoms in total. The minimum absolute atomic E-state index is 0.324. The van der Waals surface area contributed by atoms with Crippen molar-refractivity contribution in [2.75, 3.05) is 5.32 Å². The van der Waals surface area contributed by atoms with E-state index in [0.29, 0.717) is 12.4 Å². The van der Waals surface area contributed by atoms with Gasteiger partial charge in [-0.1, -0.05) is 22.4 Å². The van der Waals surface area contributed by atoms with Gasteiger partial charge in [-0.2, -0.15) is 10.1 Å². The lowest BCUT2D eigenvalue weighted by atomic mass is 10.2. The zero-order valence-corrected chi connectivity index (χ0v) is 18.3. The molecule has 1 amide bonds. The first-order chi connectivity index (χ1) is 15.1. The molecule has 31 heavy (non-hydrogen) atoms. The number of carbonyl (C=O) groups excluding carboxylic acids is 1. The van der Waals surface area contributed by atoms with Gasteiger partial charge in [0.15, 0.2) is 0 Å². The maximum absolute atomic E-state index is 11.0. The lowest BCUT2D eigenvalue weighted by Crippen LogP contribution is -2.17. The van der Waals surface area contributed by atoms with E-state index >= 15 is 0 Å². The number of fused-ring (bicyclic) bond motifs is 1. The van der Waals surface area contributed by atoms with Crippen molar-refractivity contribution < 1.29 is 10.0 Å². The zero-order valence-electron chi connectivity index (χ0n) is 16.7. The second-order valence-electron chi connectivity index (χ2n) is 7.10. The second kappa shape index (κ2) is 9.71. The van der Waals surface area contributed by atoms with Crippen molar-refractivity contribution in [1.29, 1.82) is 0 Å². The van der Waals surface area contributed by atoms with Crippen LogP contribution in [0.5, 0.6) is 0 Å². The lowest BCUT2D eigenvalue weighted by Gasteiger charge is -2.06. The van der Waals surface area contributed by atoms with Gasteiger partial charge in [0.05, 0.1) is 11.9 Å². The van der Waals surface area contributed by atoms with Crippen molar-refractivity contribution >= 4 is 44.5 Å². The number of hydroxylamine groups is 1. The van der Waals surface area contributed by atoms with Crippen LogP contribution in [0.25, 0.3) is 16.7 Å². The highest BCUT2D eigenvalue weighted by Gasteiger charge is 2.08. The molecule has 0 aliphatic heterocycles. The van der Waals surface area contributed by atoms with E-state index < -0.39 is 0 Å². The highest BCUT2D eigenvalue weighted by molar-refractivity contribution is 9.10. The number of nitrogens with one attached hydrogen (secondary N) is 2. The third-order valence-electron chi connectivity index (χ3n) is 4.84. The number of halogens is 1. The first kappa shape index (κ1) is 21.0. The fourth-order valence-electron chi connectivity index (χ4n) is 3.26. The number of nitrogens with zero attached hydrogens (tertiary/aromatic N) is 5. The Kier molecular flexibility index (Phi) is 6.58. The molecule has 0 bridgehead atoms. The molecule has 0 spiro atoms. The van der Waals surface area contributed by atoms with E-state index in [4.69, 9.17) is 5.21 Å². The van der Waals surface area contributed by atoms with Crippen molar-refractivity contribution in [2.24, 2.45) is 0 Å². The Labute approximate surface area is 187 Å². The third kappa shape index (κ3) is 5.28. The van der Waals surface area contributed by atoms with E-state index in [1.807, 2.05) is 52.0 Å². The highest BCUT2D eigenvalue weighted by Crippen LogP contribution is 2.22. The Balaban J connectivity index is 1.39. The molecule has 0 aliphatic rings. The molecule has 3 aromatic heterocycles. The number of aromatic nitrogens is 5. The number of benzene rings is 1. The van der Waals surface area contributed by atoms with Crippen LogP contribution in [0.4, 0.5) is 11.6 Å². The average molecular weight is 484 g/mol. The molecule has 0 saturated carbocycles.